The molecule has 1 aromatic carbocycles. The maximum Gasteiger partial charge on any atom is 0.119 e. The van der Waals surface area contributed by atoms with Gasteiger partial charge in [0.15, 0.2) is 0 Å². The van der Waals surface area contributed by atoms with Crippen LogP contribution in [-0.4, -0.2) is 58.0 Å². The number of hydrogen-bond donors (Lipinski definition) is 2. The van der Waals surface area contributed by atoms with E-state index in [0.29, 0.717) is 38.7 Å². The smallest absolute Gasteiger partial charge is 0.119 e. The minimum atomic E-state index is -0.675. The molecule has 0 aromatic heterocycles. The summed E-state index contributed by atoms with van der Waals surface area (Å²) in [6.45, 7) is 2.88. The topological polar surface area (TPSA) is 83.2 Å². The molecule has 6 heteroatoms. The zero-order valence-electron chi connectivity index (χ0n) is 12.5. The third-order valence-corrected chi connectivity index (χ3v) is 2.69. The molecule has 1 aromatic rings. The van der Waals surface area contributed by atoms with Crippen molar-refractivity contribution in [1.29, 1.82) is 0 Å². The molecule has 0 heterocycles. The molecular formula is C15H25NO5. The molecule has 3 N–H and O–H groups in total. The van der Waals surface area contributed by atoms with Crippen molar-refractivity contribution in [2.75, 3.05) is 46.8 Å². The maximum absolute atomic E-state index is 9.74. The van der Waals surface area contributed by atoms with Crippen molar-refractivity contribution >= 4 is 0 Å². The highest BCUT2D eigenvalue weighted by Crippen LogP contribution is 2.13. The van der Waals surface area contributed by atoms with Crippen LogP contribution in [0.5, 0.6) is 5.75 Å². The number of methoxy groups -OCH3 is 1. The van der Waals surface area contributed by atoms with E-state index in [1.807, 2.05) is 24.3 Å². The lowest BCUT2D eigenvalue weighted by molar-refractivity contribution is -0.0169. The van der Waals surface area contributed by atoms with Crippen molar-refractivity contribution in [3.63, 3.8) is 0 Å². The molecule has 0 aliphatic carbocycles. The van der Waals surface area contributed by atoms with Gasteiger partial charge in [-0.25, -0.2) is 0 Å². The molecule has 0 saturated heterocycles. The van der Waals surface area contributed by atoms with E-state index >= 15 is 0 Å². The molecule has 0 amide bonds. The van der Waals surface area contributed by atoms with Crippen LogP contribution in [-0.2, 0) is 20.8 Å². The SMILES string of the molecule is COCCOCCOCC(O)COc1cccc(CN)c1. The normalized spacial score (nSPS) is 12.3. The number of aliphatic hydroxyl groups is 1. The Kier molecular flexibility index (Phi) is 9.77. The van der Waals surface area contributed by atoms with Gasteiger partial charge in [-0.2, -0.15) is 0 Å². The lowest BCUT2D eigenvalue weighted by atomic mass is 10.2. The molecule has 0 spiro atoms. The summed E-state index contributed by atoms with van der Waals surface area (Å²) in [7, 11) is 1.62. The van der Waals surface area contributed by atoms with E-state index in [1.54, 1.807) is 7.11 Å². The molecule has 0 radical (unpaired) electrons. The first-order valence-electron chi connectivity index (χ1n) is 7.00. The number of benzene rings is 1. The summed E-state index contributed by atoms with van der Waals surface area (Å²) in [6.07, 6.45) is -0.675. The van der Waals surface area contributed by atoms with Crippen molar-refractivity contribution in [3.05, 3.63) is 29.8 Å². The van der Waals surface area contributed by atoms with Gasteiger partial charge >= 0.3 is 0 Å². The van der Waals surface area contributed by atoms with Crippen molar-refractivity contribution < 1.29 is 24.1 Å². The Hall–Kier alpha value is -1.18. The molecule has 1 rings (SSSR count). The Labute approximate surface area is 125 Å². The van der Waals surface area contributed by atoms with Gasteiger partial charge in [-0.15, -0.1) is 0 Å². The van der Waals surface area contributed by atoms with Gasteiger partial charge in [0.05, 0.1) is 33.0 Å². The van der Waals surface area contributed by atoms with E-state index in [1.165, 1.54) is 0 Å². The average molecular weight is 299 g/mol. The number of hydrogen-bond acceptors (Lipinski definition) is 6. The first-order valence-corrected chi connectivity index (χ1v) is 7.00. The molecule has 0 fully saturated rings. The minimum Gasteiger partial charge on any atom is -0.491 e. The summed E-state index contributed by atoms with van der Waals surface area (Å²) in [5.41, 5.74) is 6.55. The second kappa shape index (κ2) is 11.5. The van der Waals surface area contributed by atoms with Gasteiger partial charge in [0, 0.05) is 13.7 Å². The monoisotopic (exact) mass is 299 g/mol. The lowest BCUT2D eigenvalue weighted by Gasteiger charge is -2.13. The summed E-state index contributed by atoms with van der Waals surface area (Å²) >= 11 is 0. The highest BCUT2D eigenvalue weighted by atomic mass is 16.5. The van der Waals surface area contributed by atoms with Gasteiger partial charge in [-0.1, -0.05) is 12.1 Å². The van der Waals surface area contributed by atoms with Crippen molar-refractivity contribution in [2.24, 2.45) is 5.73 Å². The van der Waals surface area contributed by atoms with Crippen LogP contribution in [0.3, 0.4) is 0 Å². The Morgan fingerprint density at radius 1 is 1.10 bits per heavy atom. The van der Waals surface area contributed by atoms with E-state index in [0.717, 1.165) is 5.56 Å². The molecular weight excluding hydrogens is 274 g/mol. The van der Waals surface area contributed by atoms with Crippen LogP contribution in [0.25, 0.3) is 0 Å². The standard InChI is InChI=1S/C15H25NO5/c1-18-5-6-19-7-8-20-11-14(17)12-21-15-4-2-3-13(9-15)10-16/h2-4,9,14,17H,5-8,10-12,16H2,1H3. The van der Waals surface area contributed by atoms with Gasteiger partial charge in [0.2, 0.25) is 0 Å². The Morgan fingerprint density at radius 2 is 1.86 bits per heavy atom. The Balaban J connectivity index is 2.06. The fourth-order valence-electron chi connectivity index (χ4n) is 1.58. The van der Waals surface area contributed by atoms with E-state index in [2.05, 4.69) is 0 Å². The van der Waals surface area contributed by atoms with Crippen LogP contribution >= 0.6 is 0 Å². The second-order valence-electron chi connectivity index (χ2n) is 4.50. The average Bonchev–Trinajstić information content (AvgIpc) is 2.52. The highest BCUT2D eigenvalue weighted by Gasteiger charge is 2.06. The van der Waals surface area contributed by atoms with E-state index < -0.39 is 6.10 Å². The molecule has 1 unspecified atom stereocenters. The van der Waals surface area contributed by atoms with Crippen molar-refractivity contribution in [3.8, 4) is 5.75 Å². The van der Waals surface area contributed by atoms with E-state index in [-0.39, 0.29) is 13.2 Å². The molecule has 120 valence electrons. The molecule has 0 bridgehead atoms. The summed E-state index contributed by atoms with van der Waals surface area (Å²) in [5.74, 6) is 0.694. The Morgan fingerprint density at radius 3 is 2.62 bits per heavy atom. The van der Waals surface area contributed by atoms with Crippen LogP contribution in [0.2, 0.25) is 0 Å². The van der Waals surface area contributed by atoms with Gasteiger partial charge in [-0.3, -0.25) is 0 Å². The predicted molar refractivity (Wildman–Crippen MR) is 79.3 cm³/mol. The predicted octanol–water partition coefficient (Wildman–Crippen LogP) is 0.565. The van der Waals surface area contributed by atoms with E-state index in [9.17, 15) is 5.11 Å². The van der Waals surface area contributed by atoms with Gasteiger partial charge in [0.1, 0.15) is 18.5 Å². The quantitative estimate of drug-likeness (QED) is 0.549. The van der Waals surface area contributed by atoms with E-state index in [4.69, 9.17) is 24.7 Å². The number of ether oxygens (including phenoxy) is 4. The fourth-order valence-corrected chi connectivity index (χ4v) is 1.58. The van der Waals surface area contributed by atoms with Crippen LogP contribution in [0.15, 0.2) is 24.3 Å². The number of aliphatic hydroxyl groups excluding tert-OH is 1. The zero-order chi connectivity index (χ0) is 15.3. The first kappa shape index (κ1) is 17.9. The first-order chi connectivity index (χ1) is 10.3. The third-order valence-electron chi connectivity index (χ3n) is 2.69. The summed E-state index contributed by atoms with van der Waals surface area (Å²) < 4.78 is 20.9. The highest BCUT2D eigenvalue weighted by molar-refractivity contribution is 5.28. The number of rotatable bonds is 12. The largest absolute Gasteiger partial charge is 0.491 e. The van der Waals surface area contributed by atoms with Crippen LogP contribution < -0.4 is 10.5 Å². The molecule has 6 nitrogen and oxygen atoms in total. The molecule has 1 atom stereocenters. The van der Waals surface area contributed by atoms with Gasteiger partial charge in [0.25, 0.3) is 0 Å². The van der Waals surface area contributed by atoms with Crippen molar-refractivity contribution in [2.45, 2.75) is 12.6 Å². The van der Waals surface area contributed by atoms with Crippen LogP contribution in [0.1, 0.15) is 5.56 Å². The summed E-state index contributed by atoms with van der Waals surface area (Å²) in [4.78, 5) is 0. The zero-order valence-corrected chi connectivity index (χ0v) is 12.5. The second-order valence-corrected chi connectivity index (χ2v) is 4.50. The number of nitrogens with two attached hydrogens (primary N) is 1. The molecule has 0 aliphatic rings. The van der Waals surface area contributed by atoms with Gasteiger partial charge < -0.3 is 29.8 Å². The summed E-state index contributed by atoms with van der Waals surface area (Å²) in [5, 5.41) is 9.74. The van der Waals surface area contributed by atoms with Gasteiger partial charge in [-0.05, 0) is 17.7 Å². The fraction of sp³-hybridized carbons (Fsp3) is 0.600. The van der Waals surface area contributed by atoms with Crippen LogP contribution in [0.4, 0.5) is 0 Å². The summed E-state index contributed by atoms with van der Waals surface area (Å²) in [6, 6.07) is 7.49. The Bertz CT molecular complexity index is 375. The minimum absolute atomic E-state index is 0.179. The molecule has 0 saturated carbocycles. The third kappa shape index (κ3) is 8.64. The van der Waals surface area contributed by atoms with Crippen LogP contribution in [0, 0.1) is 0 Å². The van der Waals surface area contributed by atoms with Crippen molar-refractivity contribution in [1.82, 2.24) is 0 Å². The lowest BCUT2D eigenvalue weighted by Crippen LogP contribution is -2.24. The molecule has 0 aliphatic heterocycles. The maximum atomic E-state index is 9.74. The molecule has 21 heavy (non-hydrogen) atoms.